The highest BCUT2D eigenvalue weighted by atomic mass is 19.1. The van der Waals surface area contributed by atoms with Crippen LogP contribution in [0.3, 0.4) is 0 Å². The molecule has 6 heteroatoms. The molecule has 0 aromatic heterocycles. The largest absolute Gasteiger partial charge is 0.508 e. The fourth-order valence-corrected chi connectivity index (χ4v) is 3.10. The first-order valence-electron chi connectivity index (χ1n) is 8.10. The van der Waals surface area contributed by atoms with Crippen molar-refractivity contribution in [2.75, 3.05) is 31.1 Å². The summed E-state index contributed by atoms with van der Waals surface area (Å²) < 4.78 is 14.0. The van der Waals surface area contributed by atoms with Gasteiger partial charge in [0.1, 0.15) is 11.6 Å². The first-order valence-corrected chi connectivity index (χ1v) is 8.10. The van der Waals surface area contributed by atoms with Crippen LogP contribution < -0.4 is 4.90 Å². The normalized spacial score (nSPS) is 14.5. The number of benzene rings is 2. The van der Waals surface area contributed by atoms with Crippen LogP contribution in [-0.4, -0.2) is 47.9 Å². The van der Waals surface area contributed by atoms with E-state index in [2.05, 4.69) is 0 Å². The van der Waals surface area contributed by atoms with Gasteiger partial charge in [-0.25, -0.2) is 4.39 Å². The van der Waals surface area contributed by atoms with E-state index in [1.165, 1.54) is 25.1 Å². The summed E-state index contributed by atoms with van der Waals surface area (Å²) in [5, 5.41) is 9.51. The van der Waals surface area contributed by atoms with Crippen molar-refractivity contribution in [2.24, 2.45) is 0 Å². The minimum Gasteiger partial charge on any atom is -0.508 e. The van der Waals surface area contributed by atoms with Crippen LogP contribution in [0.1, 0.15) is 27.6 Å². The van der Waals surface area contributed by atoms with Crippen LogP contribution in [0.25, 0.3) is 0 Å². The van der Waals surface area contributed by atoms with Crippen molar-refractivity contribution < 1.29 is 19.1 Å². The van der Waals surface area contributed by atoms with Gasteiger partial charge in [-0.3, -0.25) is 9.59 Å². The van der Waals surface area contributed by atoms with Crippen LogP contribution in [-0.2, 0) is 0 Å². The van der Waals surface area contributed by atoms with E-state index in [1.54, 1.807) is 29.2 Å². The Kier molecular flexibility index (Phi) is 4.70. The summed E-state index contributed by atoms with van der Waals surface area (Å²) in [7, 11) is 0. The molecular weight excluding hydrogens is 323 g/mol. The zero-order chi connectivity index (χ0) is 18.0. The minimum absolute atomic E-state index is 0.0512. The highest BCUT2D eigenvalue weighted by molar-refractivity contribution is 6.00. The van der Waals surface area contributed by atoms with Gasteiger partial charge in [-0.15, -0.1) is 0 Å². The Morgan fingerprint density at radius 2 is 1.72 bits per heavy atom. The number of piperazine rings is 1. The number of rotatable bonds is 3. The van der Waals surface area contributed by atoms with E-state index < -0.39 is 5.82 Å². The van der Waals surface area contributed by atoms with E-state index in [1.807, 2.05) is 4.90 Å². The first kappa shape index (κ1) is 17.0. The molecule has 1 heterocycles. The number of hydrogen-bond acceptors (Lipinski definition) is 4. The van der Waals surface area contributed by atoms with E-state index in [0.717, 1.165) is 0 Å². The van der Waals surface area contributed by atoms with Crippen molar-refractivity contribution in [3.63, 3.8) is 0 Å². The Labute approximate surface area is 145 Å². The van der Waals surface area contributed by atoms with Crippen molar-refractivity contribution in [1.29, 1.82) is 0 Å². The van der Waals surface area contributed by atoms with Gasteiger partial charge in [0.2, 0.25) is 0 Å². The summed E-state index contributed by atoms with van der Waals surface area (Å²) in [4.78, 5) is 27.9. The molecule has 5 nitrogen and oxygen atoms in total. The SMILES string of the molecule is CC(=O)c1c(F)cccc1N1CCN(C(=O)c2cccc(O)c2)CC1. The van der Waals surface area contributed by atoms with Crippen molar-refractivity contribution >= 4 is 17.4 Å². The van der Waals surface area contributed by atoms with E-state index in [0.29, 0.717) is 37.4 Å². The first-order chi connectivity index (χ1) is 12.0. The fraction of sp³-hybridized carbons (Fsp3) is 0.263. The average Bonchev–Trinajstić information content (AvgIpc) is 2.60. The van der Waals surface area contributed by atoms with Crippen LogP contribution in [0.2, 0.25) is 0 Å². The van der Waals surface area contributed by atoms with Crippen LogP contribution in [0, 0.1) is 5.82 Å². The van der Waals surface area contributed by atoms with Gasteiger partial charge in [0.15, 0.2) is 5.78 Å². The second-order valence-corrected chi connectivity index (χ2v) is 6.02. The van der Waals surface area contributed by atoms with Crippen LogP contribution >= 0.6 is 0 Å². The Morgan fingerprint density at radius 1 is 1.04 bits per heavy atom. The Hall–Kier alpha value is -2.89. The lowest BCUT2D eigenvalue weighted by molar-refractivity contribution is 0.0745. The van der Waals surface area contributed by atoms with E-state index >= 15 is 0 Å². The van der Waals surface area contributed by atoms with Gasteiger partial charge in [0, 0.05) is 31.7 Å². The molecule has 0 bridgehead atoms. The van der Waals surface area contributed by atoms with Gasteiger partial charge in [-0.05, 0) is 37.3 Å². The smallest absolute Gasteiger partial charge is 0.254 e. The molecule has 1 N–H and O–H groups in total. The lowest BCUT2D eigenvalue weighted by atomic mass is 10.1. The highest BCUT2D eigenvalue weighted by Gasteiger charge is 2.25. The minimum atomic E-state index is -0.525. The zero-order valence-corrected chi connectivity index (χ0v) is 13.9. The molecule has 130 valence electrons. The molecule has 0 radical (unpaired) electrons. The molecule has 1 aliphatic heterocycles. The second-order valence-electron chi connectivity index (χ2n) is 6.02. The highest BCUT2D eigenvalue weighted by Crippen LogP contribution is 2.25. The number of anilines is 1. The fourth-order valence-electron chi connectivity index (χ4n) is 3.10. The van der Waals surface area contributed by atoms with E-state index in [9.17, 15) is 19.1 Å². The molecule has 2 aromatic rings. The van der Waals surface area contributed by atoms with Gasteiger partial charge in [0.25, 0.3) is 5.91 Å². The third-order valence-corrected chi connectivity index (χ3v) is 4.34. The van der Waals surface area contributed by atoms with Gasteiger partial charge in [0.05, 0.1) is 11.3 Å². The quantitative estimate of drug-likeness (QED) is 0.872. The van der Waals surface area contributed by atoms with Gasteiger partial charge >= 0.3 is 0 Å². The van der Waals surface area contributed by atoms with Crippen LogP contribution in [0.15, 0.2) is 42.5 Å². The maximum absolute atomic E-state index is 14.0. The summed E-state index contributed by atoms with van der Waals surface area (Å²) >= 11 is 0. The van der Waals surface area contributed by atoms with Crippen LogP contribution in [0.5, 0.6) is 5.75 Å². The zero-order valence-electron chi connectivity index (χ0n) is 13.9. The number of halogens is 1. The molecule has 0 saturated carbocycles. The van der Waals surface area contributed by atoms with Crippen molar-refractivity contribution in [3.8, 4) is 5.75 Å². The summed E-state index contributed by atoms with van der Waals surface area (Å²) in [5.41, 5.74) is 1.09. The Balaban J connectivity index is 1.74. The Bertz CT molecular complexity index is 814. The van der Waals surface area contributed by atoms with Gasteiger partial charge in [-0.2, -0.15) is 0 Å². The number of carbonyl (C=O) groups is 2. The molecule has 3 rings (SSSR count). The molecule has 0 aliphatic carbocycles. The maximum atomic E-state index is 14.0. The number of ketones is 1. The summed E-state index contributed by atoms with van der Waals surface area (Å²) in [5.74, 6) is -0.938. The number of carbonyl (C=O) groups excluding carboxylic acids is 2. The molecule has 1 amide bonds. The number of nitrogens with zero attached hydrogens (tertiary/aromatic N) is 2. The molecular formula is C19H19FN2O3. The van der Waals surface area contributed by atoms with Crippen LogP contribution in [0.4, 0.5) is 10.1 Å². The molecule has 0 spiro atoms. The van der Waals surface area contributed by atoms with Crippen molar-refractivity contribution in [2.45, 2.75) is 6.92 Å². The monoisotopic (exact) mass is 342 g/mol. The topological polar surface area (TPSA) is 60.9 Å². The number of aromatic hydroxyl groups is 1. The number of amides is 1. The molecule has 2 aromatic carbocycles. The van der Waals surface area contributed by atoms with E-state index in [-0.39, 0.29) is 23.0 Å². The molecule has 0 atom stereocenters. The maximum Gasteiger partial charge on any atom is 0.254 e. The predicted molar refractivity (Wildman–Crippen MR) is 92.6 cm³/mol. The Morgan fingerprint density at radius 3 is 2.36 bits per heavy atom. The molecule has 1 saturated heterocycles. The van der Waals surface area contributed by atoms with Gasteiger partial charge < -0.3 is 14.9 Å². The molecule has 1 fully saturated rings. The lowest BCUT2D eigenvalue weighted by Crippen LogP contribution is -2.49. The van der Waals surface area contributed by atoms with E-state index in [4.69, 9.17) is 0 Å². The standard InChI is InChI=1S/C19H19FN2O3/c1-13(23)18-16(20)6-3-7-17(18)21-8-10-22(11-9-21)19(25)14-4-2-5-15(24)12-14/h2-7,12,24H,8-11H2,1H3. The number of hydrogen-bond donors (Lipinski definition) is 1. The molecule has 0 unspecified atom stereocenters. The summed E-state index contributed by atoms with van der Waals surface area (Å²) in [6, 6.07) is 10.8. The second kappa shape index (κ2) is 6.93. The van der Waals surface area contributed by atoms with Crippen molar-refractivity contribution in [3.05, 3.63) is 59.4 Å². The number of Topliss-reactive ketones (excluding diaryl/α,β-unsaturated/α-hetero) is 1. The average molecular weight is 342 g/mol. The number of phenols is 1. The third kappa shape index (κ3) is 3.47. The number of phenolic OH excluding ortho intramolecular Hbond substituents is 1. The predicted octanol–water partition coefficient (Wildman–Crippen LogP) is 2.70. The van der Waals surface area contributed by atoms with Gasteiger partial charge in [-0.1, -0.05) is 12.1 Å². The lowest BCUT2D eigenvalue weighted by Gasteiger charge is -2.37. The summed E-state index contributed by atoms with van der Waals surface area (Å²) in [6.45, 7) is 3.29. The van der Waals surface area contributed by atoms with Crippen molar-refractivity contribution in [1.82, 2.24) is 4.90 Å². The molecule has 1 aliphatic rings. The summed E-state index contributed by atoms with van der Waals surface area (Å²) in [6.07, 6.45) is 0. The molecule has 25 heavy (non-hydrogen) atoms. The third-order valence-electron chi connectivity index (χ3n) is 4.34.